The molecule has 0 heterocycles. The molecule has 0 aliphatic rings. The van der Waals surface area contributed by atoms with Gasteiger partial charge in [0.25, 0.3) is 0 Å². The number of rotatable bonds is 1. The van der Waals surface area contributed by atoms with Gasteiger partial charge in [-0.3, -0.25) is 4.79 Å². The van der Waals surface area contributed by atoms with Crippen LogP contribution in [0.3, 0.4) is 0 Å². The zero-order chi connectivity index (χ0) is 3.41. The maximum atomic E-state index is 9.00. The minimum Gasteiger partial charge on any atom is -0.299 e. The van der Waals surface area contributed by atoms with E-state index in [1.54, 1.807) is 0 Å². The Bertz CT molecular complexity index is 25.6. The normalized spacial score (nSPS) is 9.50. The summed E-state index contributed by atoms with van der Waals surface area (Å²) >= 11 is 0. The molecule has 0 bridgehead atoms. The SMILES string of the molecule is [2H]PC=O.[U]. The van der Waals surface area contributed by atoms with E-state index in [1.165, 1.54) is 0 Å². The summed E-state index contributed by atoms with van der Waals surface area (Å²) in [5.41, 5.74) is 0. The number of hydrogen-bond acceptors (Lipinski definition) is 1. The van der Waals surface area contributed by atoms with Crippen LogP contribution in [0, 0.1) is 31.1 Å². The van der Waals surface area contributed by atoms with Crippen molar-refractivity contribution in [3.63, 3.8) is 0 Å². The molecule has 0 aliphatic carbocycles. The van der Waals surface area contributed by atoms with Crippen LogP contribution in [0.25, 0.3) is 0 Å². The smallest absolute Gasteiger partial charge is 0.135 e. The van der Waals surface area contributed by atoms with Crippen molar-refractivity contribution in [1.29, 1.82) is 1.28 Å². The molecule has 1 nitrogen and oxygen atoms in total. The fraction of sp³-hybridized carbons (Fsp3) is 0. The van der Waals surface area contributed by atoms with E-state index in [-0.39, 0.29) is 40.3 Å². The second-order valence-corrected chi connectivity index (χ2v) is 0.354. The molecule has 0 aromatic rings. The first-order valence-electron chi connectivity index (χ1n) is 1.02. The molecule has 1 unspecified atom stereocenters. The summed E-state index contributed by atoms with van der Waals surface area (Å²) in [5, 5.41) is 0. The fourth-order valence-electron chi connectivity index (χ4n) is 0. The van der Waals surface area contributed by atoms with E-state index in [9.17, 15) is 0 Å². The monoisotopic (exact) mass is 301 g/mol. The molecule has 0 N–H and O–H groups in total. The Morgan fingerprint density at radius 3 is 2.50 bits per heavy atom. The van der Waals surface area contributed by atoms with Crippen LogP contribution in [-0.2, 0) is 4.79 Å². The van der Waals surface area contributed by atoms with Crippen molar-refractivity contribution in [2.24, 2.45) is 0 Å². The predicted molar refractivity (Wildman–Crippen MR) is 16.5 cm³/mol. The minimum absolute atomic E-state index is 0. The Morgan fingerprint density at radius 1 is 2.25 bits per heavy atom. The molecule has 0 spiro atoms. The van der Waals surface area contributed by atoms with E-state index in [4.69, 9.17) is 6.07 Å². The van der Waals surface area contributed by atoms with Crippen LogP contribution in [0.15, 0.2) is 0 Å². The zero-order valence-electron chi connectivity index (χ0n) is 2.99. The van der Waals surface area contributed by atoms with Gasteiger partial charge < -0.3 is 0 Å². The Morgan fingerprint density at radius 2 is 2.50 bits per heavy atom. The van der Waals surface area contributed by atoms with Crippen molar-refractivity contribution in [2.75, 3.05) is 0 Å². The molecule has 4 heavy (non-hydrogen) atoms. The van der Waals surface area contributed by atoms with E-state index in [1.807, 2.05) is 0 Å². The minimum atomic E-state index is -0.290. The summed E-state index contributed by atoms with van der Waals surface area (Å²) in [6.45, 7) is 0. The summed E-state index contributed by atoms with van der Waals surface area (Å²) in [6.07, 6.45) is 0. The third-order valence-corrected chi connectivity index (χ3v) is 0. The van der Waals surface area contributed by atoms with Crippen LogP contribution in [-0.4, -0.2) is 7.31 Å². The average molecular weight is 301 g/mol. The second kappa shape index (κ2) is 8.91. The topological polar surface area (TPSA) is 17.1 Å². The molecular formula is CH3OPU. The molecule has 3 heteroatoms. The van der Waals surface area contributed by atoms with Gasteiger partial charge in [0.1, 0.15) is 6.03 Å². The van der Waals surface area contributed by atoms with E-state index in [0.29, 0.717) is 6.03 Å². The van der Waals surface area contributed by atoms with Gasteiger partial charge in [0, 0.05) is 31.1 Å². The summed E-state index contributed by atoms with van der Waals surface area (Å²) in [5.74, 6) is 0. The molecule has 0 fully saturated rings. The molecule has 0 saturated carbocycles. The Balaban J connectivity index is 0. The molecule has 0 amide bonds. The molecule has 0 radical (unpaired) electrons. The third-order valence-electron chi connectivity index (χ3n) is 0. The van der Waals surface area contributed by atoms with Gasteiger partial charge in [-0.1, -0.05) is 9.18 Å². The van der Waals surface area contributed by atoms with Crippen LogP contribution < -0.4 is 0 Å². The summed E-state index contributed by atoms with van der Waals surface area (Å²) in [6, 6.07) is 0.569. The summed E-state index contributed by atoms with van der Waals surface area (Å²) in [4.78, 5) is 9.00. The number of carbonyl (C=O) groups excluding carboxylic acids is 1. The quantitative estimate of drug-likeness (QED) is 0.494. The number of carbonyl (C=O) groups is 1. The molecule has 0 aromatic carbocycles. The standard InChI is InChI=1S/CH3OP.U/c2-1-3;/h1H,3H2;/i3D;. The van der Waals surface area contributed by atoms with Crippen molar-refractivity contribution >= 4 is 15.2 Å². The van der Waals surface area contributed by atoms with Crippen LogP contribution >= 0.6 is 9.18 Å². The van der Waals surface area contributed by atoms with E-state index in [2.05, 4.69) is 0 Å². The molecule has 0 aromatic heterocycles. The molecule has 0 aliphatic heterocycles. The van der Waals surface area contributed by atoms with E-state index in [0.717, 1.165) is 0 Å². The van der Waals surface area contributed by atoms with Gasteiger partial charge >= 0.3 is 0 Å². The molecular weight excluding hydrogens is 297 g/mol. The van der Waals surface area contributed by atoms with Gasteiger partial charge in [-0.05, 0) is 0 Å². The van der Waals surface area contributed by atoms with Gasteiger partial charge in [-0.15, -0.1) is 0 Å². The maximum absolute atomic E-state index is 9.00. The second-order valence-electron chi connectivity index (χ2n) is 0.118. The average Bonchev–Trinajstić information content (AvgIpc) is 1.37. The third kappa shape index (κ3) is 11.0. The van der Waals surface area contributed by atoms with Crippen molar-refractivity contribution < 1.29 is 35.9 Å². The van der Waals surface area contributed by atoms with Crippen LogP contribution in [0.4, 0.5) is 0 Å². The fourth-order valence-corrected chi connectivity index (χ4v) is 0. The van der Waals surface area contributed by atoms with Crippen molar-refractivity contribution in [3.05, 3.63) is 0 Å². The van der Waals surface area contributed by atoms with Crippen molar-refractivity contribution in [2.45, 2.75) is 0 Å². The Kier molecular flexibility index (Phi) is 11.5. The molecule has 22 valence electrons. The Labute approximate surface area is 52.4 Å². The van der Waals surface area contributed by atoms with Gasteiger partial charge in [0.05, 0.1) is 1.28 Å². The van der Waals surface area contributed by atoms with E-state index < -0.39 is 0 Å². The maximum Gasteiger partial charge on any atom is 0.135 e. The predicted octanol–water partition coefficient (Wildman–Crippen LogP) is 0.0517. The van der Waals surface area contributed by atoms with Crippen molar-refractivity contribution in [1.82, 2.24) is 0 Å². The first-order valence-corrected chi connectivity index (χ1v) is 1.10. The van der Waals surface area contributed by atoms with E-state index >= 15 is 0 Å². The molecule has 0 rings (SSSR count). The van der Waals surface area contributed by atoms with Gasteiger partial charge in [-0.25, -0.2) is 0 Å². The van der Waals surface area contributed by atoms with Crippen LogP contribution in [0.5, 0.6) is 0 Å². The largest absolute Gasteiger partial charge is 0.299 e. The Hall–Kier alpha value is 1.15. The van der Waals surface area contributed by atoms with Gasteiger partial charge in [0.2, 0.25) is 0 Å². The summed E-state index contributed by atoms with van der Waals surface area (Å²) < 4.78 is 6.11. The zero-order valence-corrected chi connectivity index (χ0v) is 7.15. The molecule has 0 saturated heterocycles. The van der Waals surface area contributed by atoms with Crippen LogP contribution in [0.1, 0.15) is 0 Å². The van der Waals surface area contributed by atoms with Gasteiger partial charge in [-0.2, -0.15) is 0 Å². The van der Waals surface area contributed by atoms with Crippen LogP contribution in [0.2, 0.25) is 0 Å². The molecule has 1 atom stereocenters. The summed E-state index contributed by atoms with van der Waals surface area (Å²) in [7, 11) is -0.290. The number of hydrogen-bond donors (Lipinski definition) is 0. The van der Waals surface area contributed by atoms with Crippen molar-refractivity contribution in [3.8, 4) is 0 Å². The first-order chi connectivity index (χ1) is 1.91. The first kappa shape index (κ1) is 5.15. The van der Waals surface area contributed by atoms with Gasteiger partial charge in [0.15, 0.2) is 0 Å².